The molecule has 3 rings (SSSR count). The number of aliphatic hydroxyl groups excluding tert-OH is 1. The minimum absolute atomic E-state index is 0.337. The van der Waals surface area contributed by atoms with Crippen molar-refractivity contribution in [3.05, 3.63) is 40.2 Å². The maximum absolute atomic E-state index is 10.8. The molecule has 2 heterocycles. The van der Waals surface area contributed by atoms with Crippen LogP contribution >= 0.6 is 23.2 Å². The zero-order chi connectivity index (χ0) is 14.3. The van der Waals surface area contributed by atoms with Crippen LogP contribution in [0.4, 0.5) is 0 Å². The maximum Gasteiger partial charge on any atom is 0.162 e. The Morgan fingerprint density at radius 1 is 1.30 bits per heavy atom. The van der Waals surface area contributed by atoms with Crippen molar-refractivity contribution in [1.82, 2.24) is 19.7 Å². The lowest BCUT2D eigenvalue weighted by Gasteiger charge is -2.45. The zero-order valence-electron chi connectivity index (χ0n) is 10.9. The third-order valence-electron chi connectivity index (χ3n) is 4.10. The highest BCUT2D eigenvalue weighted by molar-refractivity contribution is 6.32. The smallest absolute Gasteiger partial charge is 0.162 e. The van der Waals surface area contributed by atoms with Crippen molar-refractivity contribution in [2.24, 2.45) is 7.05 Å². The van der Waals surface area contributed by atoms with E-state index in [9.17, 15) is 5.11 Å². The average Bonchev–Trinajstić information content (AvgIpc) is 2.72. The second-order valence-corrected chi connectivity index (χ2v) is 5.99. The summed E-state index contributed by atoms with van der Waals surface area (Å²) >= 11 is 12.0. The van der Waals surface area contributed by atoms with Gasteiger partial charge in [0.05, 0.1) is 0 Å². The van der Waals surface area contributed by atoms with Gasteiger partial charge in [0.25, 0.3) is 0 Å². The highest BCUT2D eigenvalue weighted by Crippen LogP contribution is 2.52. The Hall–Kier alpha value is -1.17. The van der Waals surface area contributed by atoms with E-state index in [1.807, 2.05) is 7.05 Å². The molecule has 1 unspecified atom stereocenters. The SMILES string of the molecule is Cn1cnnc1C(O)C1(c2cc(Cl)nc(Cl)c2)CCC1. The van der Waals surface area contributed by atoms with E-state index in [0.717, 1.165) is 24.8 Å². The summed E-state index contributed by atoms with van der Waals surface area (Å²) in [5.74, 6) is 0.550. The van der Waals surface area contributed by atoms with Gasteiger partial charge in [0.15, 0.2) is 5.82 Å². The van der Waals surface area contributed by atoms with Crippen LogP contribution in [0.5, 0.6) is 0 Å². The fraction of sp³-hybridized carbons (Fsp3) is 0.462. The van der Waals surface area contributed by atoms with Crippen LogP contribution in [0, 0.1) is 0 Å². The van der Waals surface area contributed by atoms with Crippen LogP contribution in [0.15, 0.2) is 18.5 Å². The molecule has 20 heavy (non-hydrogen) atoms. The summed E-state index contributed by atoms with van der Waals surface area (Å²) in [7, 11) is 1.82. The second kappa shape index (κ2) is 4.98. The van der Waals surface area contributed by atoms with Gasteiger partial charge in [-0.15, -0.1) is 10.2 Å². The van der Waals surface area contributed by atoms with Crippen LogP contribution in [-0.2, 0) is 12.5 Å². The van der Waals surface area contributed by atoms with Gasteiger partial charge in [0.1, 0.15) is 22.7 Å². The van der Waals surface area contributed by atoms with Gasteiger partial charge in [-0.1, -0.05) is 29.6 Å². The first-order chi connectivity index (χ1) is 9.53. The average molecular weight is 313 g/mol. The largest absolute Gasteiger partial charge is 0.384 e. The van der Waals surface area contributed by atoms with Crippen molar-refractivity contribution in [3.8, 4) is 0 Å². The number of pyridine rings is 1. The van der Waals surface area contributed by atoms with Crippen LogP contribution < -0.4 is 0 Å². The van der Waals surface area contributed by atoms with E-state index >= 15 is 0 Å². The molecular weight excluding hydrogens is 299 g/mol. The Bertz CT molecular complexity index is 619. The van der Waals surface area contributed by atoms with E-state index in [4.69, 9.17) is 23.2 Å². The minimum atomic E-state index is -0.738. The van der Waals surface area contributed by atoms with Crippen LogP contribution in [0.2, 0.25) is 10.3 Å². The Labute approximate surface area is 126 Å². The van der Waals surface area contributed by atoms with E-state index in [1.165, 1.54) is 0 Å². The summed E-state index contributed by atoms with van der Waals surface area (Å²) < 4.78 is 1.73. The Morgan fingerprint density at radius 2 is 1.95 bits per heavy atom. The standard InChI is InChI=1S/C13H14Cl2N4O/c1-19-7-16-18-12(19)11(20)13(3-2-4-13)8-5-9(14)17-10(15)6-8/h5-7,11,20H,2-4H2,1H3. The first kappa shape index (κ1) is 13.8. The molecule has 1 saturated carbocycles. The lowest BCUT2D eigenvalue weighted by atomic mass is 9.61. The van der Waals surface area contributed by atoms with Gasteiger partial charge in [0.2, 0.25) is 0 Å². The third kappa shape index (κ3) is 2.10. The quantitative estimate of drug-likeness (QED) is 0.885. The Kier molecular flexibility index (Phi) is 3.44. The molecule has 0 aromatic carbocycles. The number of hydrogen-bond acceptors (Lipinski definition) is 4. The van der Waals surface area contributed by atoms with Gasteiger partial charge in [-0.3, -0.25) is 0 Å². The summed E-state index contributed by atoms with van der Waals surface area (Å²) in [5, 5.41) is 19.3. The lowest BCUT2D eigenvalue weighted by Crippen LogP contribution is -2.41. The van der Waals surface area contributed by atoms with Gasteiger partial charge < -0.3 is 9.67 Å². The molecule has 0 spiro atoms. The predicted octanol–water partition coefficient (Wildman–Crippen LogP) is 2.67. The van der Waals surface area contributed by atoms with E-state index in [-0.39, 0.29) is 0 Å². The van der Waals surface area contributed by atoms with Crippen LogP contribution in [0.25, 0.3) is 0 Å². The molecule has 2 aromatic heterocycles. The molecule has 5 nitrogen and oxygen atoms in total. The molecule has 1 N–H and O–H groups in total. The molecule has 0 radical (unpaired) electrons. The highest BCUT2D eigenvalue weighted by Gasteiger charge is 2.47. The normalized spacial score (nSPS) is 18.6. The van der Waals surface area contributed by atoms with E-state index in [0.29, 0.717) is 16.1 Å². The Morgan fingerprint density at radius 3 is 2.40 bits per heavy atom. The zero-order valence-corrected chi connectivity index (χ0v) is 12.4. The molecule has 0 bridgehead atoms. The molecule has 2 aromatic rings. The van der Waals surface area contributed by atoms with Gasteiger partial charge >= 0.3 is 0 Å². The first-order valence-electron chi connectivity index (χ1n) is 6.38. The number of nitrogens with zero attached hydrogens (tertiary/aromatic N) is 4. The van der Waals surface area contributed by atoms with Crippen molar-refractivity contribution in [3.63, 3.8) is 0 Å². The summed E-state index contributed by atoms with van der Waals surface area (Å²) in [6.45, 7) is 0. The summed E-state index contributed by atoms with van der Waals surface area (Å²) in [6, 6.07) is 3.54. The van der Waals surface area contributed by atoms with Gasteiger partial charge in [0, 0.05) is 12.5 Å². The Balaban J connectivity index is 2.05. The lowest BCUT2D eigenvalue weighted by molar-refractivity contribution is 0.0184. The molecule has 1 atom stereocenters. The summed E-state index contributed by atoms with van der Waals surface area (Å²) in [5.41, 5.74) is 0.501. The van der Waals surface area contributed by atoms with Crippen LogP contribution in [-0.4, -0.2) is 24.9 Å². The van der Waals surface area contributed by atoms with Crippen molar-refractivity contribution in [2.75, 3.05) is 0 Å². The van der Waals surface area contributed by atoms with Crippen molar-refractivity contribution >= 4 is 23.2 Å². The molecule has 1 aliphatic carbocycles. The van der Waals surface area contributed by atoms with Crippen LogP contribution in [0.1, 0.15) is 36.8 Å². The minimum Gasteiger partial charge on any atom is -0.384 e. The van der Waals surface area contributed by atoms with Crippen LogP contribution in [0.3, 0.4) is 0 Å². The molecule has 1 fully saturated rings. The van der Waals surface area contributed by atoms with Gasteiger partial charge in [-0.05, 0) is 30.5 Å². The molecule has 1 aliphatic rings. The third-order valence-corrected chi connectivity index (χ3v) is 4.49. The monoisotopic (exact) mass is 312 g/mol. The van der Waals surface area contributed by atoms with E-state index in [1.54, 1.807) is 23.0 Å². The van der Waals surface area contributed by atoms with Gasteiger partial charge in [-0.2, -0.15) is 0 Å². The first-order valence-corrected chi connectivity index (χ1v) is 7.14. The molecule has 0 aliphatic heterocycles. The molecule has 0 amide bonds. The fourth-order valence-electron chi connectivity index (χ4n) is 2.82. The van der Waals surface area contributed by atoms with E-state index < -0.39 is 11.5 Å². The van der Waals surface area contributed by atoms with Gasteiger partial charge in [-0.25, -0.2) is 4.98 Å². The second-order valence-electron chi connectivity index (χ2n) is 5.21. The fourth-order valence-corrected chi connectivity index (χ4v) is 3.28. The van der Waals surface area contributed by atoms with Crippen molar-refractivity contribution in [2.45, 2.75) is 30.8 Å². The number of aliphatic hydroxyl groups is 1. The molecular formula is C13H14Cl2N4O. The van der Waals surface area contributed by atoms with Crippen molar-refractivity contribution < 1.29 is 5.11 Å². The number of halogens is 2. The summed E-state index contributed by atoms with van der Waals surface area (Å²) in [6.07, 6.45) is 3.61. The number of aromatic nitrogens is 4. The summed E-state index contributed by atoms with van der Waals surface area (Å²) in [4.78, 5) is 3.96. The highest BCUT2D eigenvalue weighted by atomic mass is 35.5. The predicted molar refractivity (Wildman–Crippen MR) is 75.7 cm³/mol. The molecule has 0 saturated heterocycles. The number of aryl methyl sites for hydroxylation is 1. The van der Waals surface area contributed by atoms with E-state index in [2.05, 4.69) is 15.2 Å². The number of hydrogen-bond donors (Lipinski definition) is 1. The van der Waals surface area contributed by atoms with Crippen molar-refractivity contribution in [1.29, 1.82) is 0 Å². The molecule has 106 valence electrons. The number of rotatable bonds is 3. The molecule has 7 heteroatoms. The maximum atomic E-state index is 10.8. The topological polar surface area (TPSA) is 63.8 Å².